The van der Waals surface area contributed by atoms with E-state index < -0.39 is 0 Å². The molecule has 0 spiro atoms. The lowest BCUT2D eigenvalue weighted by atomic mass is 10.2. The van der Waals surface area contributed by atoms with Crippen LogP contribution < -0.4 is 10.1 Å². The molecule has 2 aromatic carbocycles. The van der Waals surface area contributed by atoms with Crippen LogP contribution in [-0.4, -0.2) is 9.97 Å². The number of nitrogens with zero attached hydrogens (tertiary/aromatic N) is 3. The Morgan fingerprint density at radius 3 is 2.35 bits per heavy atom. The number of benzene rings is 2. The molecule has 0 saturated carbocycles. The minimum Gasteiger partial charge on any atom is -0.457 e. The van der Waals surface area contributed by atoms with Crippen molar-refractivity contribution in [2.45, 2.75) is 0 Å². The highest BCUT2D eigenvalue weighted by atomic mass is 35.5. The summed E-state index contributed by atoms with van der Waals surface area (Å²) in [6, 6.07) is 18.8. The third-order valence-corrected chi connectivity index (χ3v) is 3.30. The molecule has 6 heteroatoms. The van der Waals surface area contributed by atoms with E-state index >= 15 is 0 Å². The molecule has 0 saturated heterocycles. The number of para-hydroxylation sites is 1. The van der Waals surface area contributed by atoms with Gasteiger partial charge in [-0.05, 0) is 36.4 Å². The van der Waals surface area contributed by atoms with E-state index in [1.54, 1.807) is 0 Å². The molecule has 3 rings (SSSR count). The number of ether oxygens (including phenoxy) is 1. The Hall–Kier alpha value is -3.10. The molecule has 0 unspecified atom stereocenters. The van der Waals surface area contributed by atoms with E-state index in [4.69, 9.17) is 21.6 Å². The molecule has 0 aliphatic carbocycles. The topological polar surface area (TPSA) is 70.8 Å². The smallest absolute Gasteiger partial charge is 0.153 e. The Morgan fingerprint density at radius 2 is 1.65 bits per heavy atom. The van der Waals surface area contributed by atoms with E-state index in [0.717, 1.165) is 11.4 Å². The van der Waals surface area contributed by atoms with Crippen molar-refractivity contribution in [3.8, 4) is 17.6 Å². The summed E-state index contributed by atoms with van der Waals surface area (Å²) in [5.74, 6) is 1.84. The summed E-state index contributed by atoms with van der Waals surface area (Å²) in [5.41, 5.74) is 0.968. The van der Waals surface area contributed by atoms with Crippen molar-refractivity contribution in [1.82, 2.24) is 9.97 Å². The number of nitrogens with one attached hydrogen (secondary N) is 1. The van der Waals surface area contributed by atoms with Gasteiger partial charge >= 0.3 is 0 Å². The van der Waals surface area contributed by atoms with Gasteiger partial charge in [0, 0.05) is 5.69 Å². The molecule has 0 bridgehead atoms. The second-order valence-corrected chi connectivity index (χ2v) is 4.92. The van der Waals surface area contributed by atoms with E-state index in [9.17, 15) is 0 Å². The van der Waals surface area contributed by atoms with Crippen molar-refractivity contribution in [2.75, 3.05) is 5.32 Å². The van der Waals surface area contributed by atoms with Crippen LogP contribution in [0, 0.1) is 11.3 Å². The molecule has 112 valence electrons. The Balaban J connectivity index is 1.76. The fraction of sp³-hybridized carbons (Fsp3) is 0. The lowest BCUT2D eigenvalue weighted by Crippen LogP contribution is -1.98. The zero-order valence-electron chi connectivity index (χ0n) is 11.9. The maximum Gasteiger partial charge on any atom is 0.153 e. The molecule has 1 N–H and O–H groups in total. The fourth-order valence-electron chi connectivity index (χ4n) is 1.93. The van der Waals surface area contributed by atoms with Crippen LogP contribution in [0.2, 0.25) is 5.15 Å². The third kappa shape index (κ3) is 3.57. The van der Waals surface area contributed by atoms with E-state index in [-0.39, 0.29) is 10.7 Å². The fourth-order valence-corrected chi connectivity index (χ4v) is 2.10. The lowest BCUT2D eigenvalue weighted by molar-refractivity contribution is 0.483. The summed E-state index contributed by atoms with van der Waals surface area (Å²) in [4.78, 5) is 7.82. The summed E-state index contributed by atoms with van der Waals surface area (Å²) >= 11 is 5.88. The maximum absolute atomic E-state index is 9.11. The Bertz CT molecular complexity index is 845. The van der Waals surface area contributed by atoms with Gasteiger partial charge < -0.3 is 10.1 Å². The van der Waals surface area contributed by atoms with E-state index in [0.29, 0.717) is 11.6 Å². The SMILES string of the molecule is N#Cc1c(Cl)ncnc1Nc1ccc(Oc2ccccc2)cc1. The van der Waals surface area contributed by atoms with Gasteiger partial charge in [-0.2, -0.15) is 5.26 Å². The van der Waals surface area contributed by atoms with Crippen LogP contribution in [0.25, 0.3) is 0 Å². The minimum atomic E-state index is 0.119. The average Bonchev–Trinajstić information content (AvgIpc) is 2.58. The highest BCUT2D eigenvalue weighted by Crippen LogP contribution is 2.26. The highest BCUT2D eigenvalue weighted by molar-refractivity contribution is 6.30. The van der Waals surface area contributed by atoms with Crippen LogP contribution in [-0.2, 0) is 0 Å². The quantitative estimate of drug-likeness (QED) is 0.714. The molecule has 1 aromatic heterocycles. The predicted molar refractivity (Wildman–Crippen MR) is 88.0 cm³/mol. The first-order chi connectivity index (χ1) is 11.3. The summed E-state index contributed by atoms with van der Waals surface area (Å²) < 4.78 is 5.72. The molecule has 0 fully saturated rings. The second-order valence-electron chi connectivity index (χ2n) is 4.56. The standard InChI is InChI=1S/C17H11ClN4O/c18-16-15(10-19)17(21-11-20-16)22-12-6-8-14(9-7-12)23-13-4-2-1-3-5-13/h1-9,11H,(H,20,21,22). The maximum atomic E-state index is 9.11. The van der Waals surface area contributed by atoms with E-state index in [1.165, 1.54) is 6.33 Å². The largest absolute Gasteiger partial charge is 0.457 e. The number of hydrogen-bond donors (Lipinski definition) is 1. The zero-order valence-corrected chi connectivity index (χ0v) is 12.7. The van der Waals surface area contributed by atoms with E-state index in [2.05, 4.69) is 15.3 Å². The van der Waals surface area contributed by atoms with Gasteiger partial charge in [-0.15, -0.1) is 0 Å². The van der Waals surface area contributed by atoms with Crippen molar-refractivity contribution in [3.05, 3.63) is 71.6 Å². The first-order valence-corrected chi connectivity index (χ1v) is 7.14. The number of aromatic nitrogens is 2. The molecule has 5 nitrogen and oxygen atoms in total. The van der Waals surface area contributed by atoms with Crippen molar-refractivity contribution >= 4 is 23.1 Å². The number of nitriles is 1. The van der Waals surface area contributed by atoms with Crippen molar-refractivity contribution < 1.29 is 4.74 Å². The van der Waals surface area contributed by atoms with Crippen molar-refractivity contribution in [1.29, 1.82) is 5.26 Å². The minimum absolute atomic E-state index is 0.119. The molecule has 0 aliphatic rings. The lowest BCUT2D eigenvalue weighted by Gasteiger charge is -2.09. The van der Waals surface area contributed by atoms with Crippen LogP contribution in [0.5, 0.6) is 11.5 Å². The molecule has 1 heterocycles. The van der Waals surface area contributed by atoms with Crippen LogP contribution in [0.1, 0.15) is 5.56 Å². The van der Waals surface area contributed by atoms with Crippen LogP contribution in [0.3, 0.4) is 0 Å². The Morgan fingerprint density at radius 1 is 0.957 bits per heavy atom. The summed E-state index contributed by atoms with van der Waals surface area (Å²) in [5, 5.41) is 12.3. The molecule has 0 atom stereocenters. The first-order valence-electron chi connectivity index (χ1n) is 6.77. The van der Waals surface area contributed by atoms with Crippen LogP contribution in [0.4, 0.5) is 11.5 Å². The molecular weight excluding hydrogens is 312 g/mol. The summed E-state index contributed by atoms with van der Waals surface area (Å²) in [6.45, 7) is 0. The second kappa shape index (κ2) is 6.77. The molecule has 0 amide bonds. The van der Waals surface area contributed by atoms with Gasteiger partial charge in [0.15, 0.2) is 11.0 Å². The van der Waals surface area contributed by atoms with Crippen LogP contribution in [0.15, 0.2) is 60.9 Å². The van der Waals surface area contributed by atoms with E-state index in [1.807, 2.05) is 60.7 Å². The van der Waals surface area contributed by atoms with Gasteiger partial charge in [-0.1, -0.05) is 29.8 Å². The van der Waals surface area contributed by atoms with Gasteiger partial charge in [0.2, 0.25) is 0 Å². The average molecular weight is 323 g/mol. The van der Waals surface area contributed by atoms with Crippen molar-refractivity contribution in [3.63, 3.8) is 0 Å². The summed E-state index contributed by atoms with van der Waals surface area (Å²) in [6.07, 6.45) is 1.30. The monoisotopic (exact) mass is 322 g/mol. The van der Waals surface area contributed by atoms with Gasteiger partial charge in [-0.3, -0.25) is 0 Å². The molecular formula is C17H11ClN4O. The number of halogens is 1. The number of anilines is 2. The molecule has 0 aliphatic heterocycles. The zero-order chi connectivity index (χ0) is 16.1. The number of hydrogen-bond acceptors (Lipinski definition) is 5. The number of rotatable bonds is 4. The van der Waals surface area contributed by atoms with Gasteiger partial charge in [-0.25, -0.2) is 9.97 Å². The van der Waals surface area contributed by atoms with Crippen LogP contribution >= 0.6 is 11.6 Å². The normalized spacial score (nSPS) is 9.91. The molecule has 3 aromatic rings. The highest BCUT2D eigenvalue weighted by Gasteiger charge is 2.09. The predicted octanol–water partition coefficient (Wildman–Crippen LogP) is 4.54. The third-order valence-electron chi connectivity index (χ3n) is 3.01. The van der Waals surface area contributed by atoms with Gasteiger partial charge in [0.1, 0.15) is 29.5 Å². The Labute approximate surface area is 138 Å². The van der Waals surface area contributed by atoms with Gasteiger partial charge in [0.25, 0.3) is 0 Å². The van der Waals surface area contributed by atoms with Crippen molar-refractivity contribution in [2.24, 2.45) is 0 Å². The first kappa shape index (κ1) is 14.8. The Kier molecular flexibility index (Phi) is 4.37. The molecule has 0 radical (unpaired) electrons. The summed E-state index contributed by atoms with van der Waals surface area (Å²) in [7, 11) is 0. The molecule has 23 heavy (non-hydrogen) atoms. The van der Waals surface area contributed by atoms with Gasteiger partial charge in [0.05, 0.1) is 0 Å².